The van der Waals surface area contributed by atoms with Crippen LogP contribution in [0.1, 0.15) is 30.7 Å². The molecule has 4 rings (SSSR count). The van der Waals surface area contributed by atoms with Crippen LogP contribution in [0, 0.1) is 0 Å². The summed E-state index contributed by atoms with van der Waals surface area (Å²) in [5, 5.41) is 3.26. The van der Waals surface area contributed by atoms with Crippen LogP contribution in [0.3, 0.4) is 0 Å². The number of piperidine rings is 1. The smallest absolute Gasteiger partial charge is 0.249 e. The zero-order valence-corrected chi connectivity index (χ0v) is 18.9. The van der Waals surface area contributed by atoms with E-state index < -0.39 is 5.54 Å². The molecule has 0 bridgehead atoms. The van der Waals surface area contributed by atoms with Gasteiger partial charge in [0.1, 0.15) is 6.61 Å². The van der Waals surface area contributed by atoms with E-state index in [2.05, 4.69) is 15.3 Å². The number of imidazole rings is 1. The highest BCUT2D eigenvalue weighted by molar-refractivity contribution is 5.85. The number of likely N-dealkylation sites (tertiary alicyclic amines) is 1. The first-order chi connectivity index (χ1) is 13.6. The minimum Gasteiger partial charge on any atom is -0.375 e. The number of hydrogen-bond donors (Lipinski definition) is 2. The van der Waals surface area contributed by atoms with E-state index >= 15 is 0 Å². The molecule has 1 spiro atoms. The van der Waals surface area contributed by atoms with E-state index in [0.717, 1.165) is 30.9 Å². The highest BCUT2D eigenvalue weighted by Crippen LogP contribution is 2.42. The minimum atomic E-state index is -0.455. The van der Waals surface area contributed by atoms with Gasteiger partial charge in [0.15, 0.2) is 0 Å². The van der Waals surface area contributed by atoms with Crippen molar-refractivity contribution in [2.24, 2.45) is 0 Å². The summed E-state index contributed by atoms with van der Waals surface area (Å²) in [7, 11) is 1.54. The van der Waals surface area contributed by atoms with Crippen LogP contribution in [0.15, 0.2) is 6.33 Å². The van der Waals surface area contributed by atoms with Crippen molar-refractivity contribution < 1.29 is 19.1 Å². The monoisotopic (exact) mass is 463 g/mol. The summed E-state index contributed by atoms with van der Waals surface area (Å²) < 4.78 is 10.8. The van der Waals surface area contributed by atoms with Gasteiger partial charge < -0.3 is 29.6 Å². The third kappa shape index (κ3) is 4.75. The molecule has 2 fully saturated rings. The lowest BCUT2D eigenvalue weighted by molar-refractivity contribution is -0.148. The molecule has 0 radical (unpaired) electrons. The zero-order chi connectivity index (χ0) is 19.6. The van der Waals surface area contributed by atoms with E-state index in [9.17, 15) is 9.59 Å². The van der Waals surface area contributed by atoms with E-state index in [1.165, 1.54) is 7.11 Å². The maximum absolute atomic E-state index is 12.7. The number of amides is 2. The topological polar surface area (TPSA) is 99.8 Å². The summed E-state index contributed by atoms with van der Waals surface area (Å²) >= 11 is 0. The SMILES string of the molecule is COCC(=O)N1CCc2[nH]cnc2C12CCN(C(=O)CC1CNCCO1)CC2.Cl.Cl. The number of H-pyrrole nitrogens is 1. The Morgan fingerprint density at radius 2 is 2.03 bits per heavy atom. The fraction of sp³-hybridized carbons (Fsp3) is 0.737. The molecule has 2 amide bonds. The molecule has 0 aliphatic carbocycles. The number of hydrogen-bond acceptors (Lipinski definition) is 6. The number of aromatic amines is 1. The Morgan fingerprint density at radius 1 is 1.27 bits per heavy atom. The van der Waals surface area contributed by atoms with Gasteiger partial charge in [-0.15, -0.1) is 24.8 Å². The van der Waals surface area contributed by atoms with Gasteiger partial charge in [0.25, 0.3) is 0 Å². The first-order valence-electron chi connectivity index (χ1n) is 10.1. The van der Waals surface area contributed by atoms with Crippen LogP contribution in [0.25, 0.3) is 0 Å². The molecular formula is C19H31Cl2N5O4. The lowest BCUT2D eigenvalue weighted by Crippen LogP contribution is -2.59. The summed E-state index contributed by atoms with van der Waals surface area (Å²) in [4.78, 5) is 37.1. The first-order valence-corrected chi connectivity index (χ1v) is 10.1. The van der Waals surface area contributed by atoms with Crippen LogP contribution >= 0.6 is 24.8 Å². The second-order valence-corrected chi connectivity index (χ2v) is 7.77. The lowest BCUT2D eigenvalue weighted by atomic mass is 9.78. The summed E-state index contributed by atoms with van der Waals surface area (Å²) in [6, 6.07) is 0. The van der Waals surface area contributed by atoms with E-state index in [4.69, 9.17) is 9.47 Å². The van der Waals surface area contributed by atoms with Crippen LogP contribution in [0.5, 0.6) is 0 Å². The average molecular weight is 464 g/mol. The second kappa shape index (κ2) is 10.8. The summed E-state index contributed by atoms with van der Waals surface area (Å²) in [5.41, 5.74) is 1.60. The van der Waals surface area contributed by atoms with Gasteiger partial charge in [0, 0.05) is 51.9 Å². The van der Waals surface area contributed by atoms with Crippen molar-refractivity contribution in [2.45, 2.75) is 37.3 Å². The molecule has 4 heterocycles. The van der Waals surface area contributed by atoms with Gasteiger partial charge in [-0.25, -0.2) is 4.98 Å². The molecule has 0 aromatic carbocycles. The predicted octanol–water partition coefficient (Wildman–Crippen LogP) is 0.481. The first kappa shape index (κ1) is 24.9. The van der Waals surface area contributed by atoms with Crippen molar-refractivity contribution in [1.82, 2.24) is 25.1 Å². The Balaban J connectivity index is 0.00000160. The molecule has 1 aromatic rings. The molecule has 1 unspecified atom stereocenters. The molecule has 30 heavy (non-hydrogen) atoms. The van der Waals surface area contributed by atoms with E-state index in [1.807, 2.05) is 9.80 Å². The van der Waals surface area contributed by atoms with Crippen molar-refractivity contribution in [3.05, 3.63) is 17.7 Å². The lowest BCUT2D eigenvalue weighted by Gasteiger charge is -2.50. The van der Waals surface area contributed by atoms with Gasteiger partial charge in [0.2, 0.25) is 11.8 Å². The summed E-state index contributed by atoms with van der Waals surface area (Å²) in [6.45, 7) is 4.15. The number of fused-ring (bicyclic) bond motifs is 2. The van der Waals surface area contributed by atoms with E-state index in [-0.39, 0.29) is 49.3 Å². The van der Waals surface area contributed by atoms with Gasteiger partial charge in [0.05, 0.1) is 36.7 Å². The fourth-order valence-corrected chi connectivity index (χ4v) is 4.75. The number of carbonyl (C=O) groups excluding carboxylic acids is 2. The van der Waals surface area contributed by atoms with E-state index in [1.54, 1.807) is 6.33 Å². The van der Waals surface area contributed by atoms with Crippen molar-refractivity contribution in [3.63, 3.8) is 0 Å². The number of carbonyl (C=O) groups is 2. The summed E-state index contributed by atoms with van der Waals surface area (Å²) in [6.07, 6.45) is 4.21. The van der Waals surface area contributed by atoms with Gasteiger partial charge in [-0.3, -0.25) is 9.59 Å². The number of ether oxygens (including phenoxy) is 2. The number of rotatable bonds is 4. The number of methoxy groups -OCH3 is 1. The molecular weight excluding hydrogens is 433 g/mol. The van der Waals surface area contributed by atoms with Crippen LogP contribution in [-0.2, 0) is 31.0 Å². The van der Waals surface area contributed by atoms with Crippen molar-refractivity contribution in [1.29, 1.82) is 0 Å². The normalized spacial score (nSPS) is 22.6. The molecule has 11 heteroatoms. The van der Waals surface area contributed by atoms with Gasteiger partial charge in [-0.05, 0) is 12.8 Å². The number of nitrogens with zero attached hydrogens (tertiary/aromatic N) is 3. The van der Waals surface area contributed by atoms with E-state index in [0.29, 0.717) is 45.5 Å². The van der Waals surface area contributed by atoms with Crippen molar-refractivity contribution >= 4 is 36.6 Å². The Hall–Kier alpha value is -1.39. The third-order valence-corrected chi connectivity index (χ3v) is 6.18. The Morgan fingerprint density at radius 3 is 2.70 bits per heavy atom. The van der Waals surface area contributed by atoms with Crippen LogP contribution in [0.4, 0.5) is 0 Å². The third-order valence-electron chi connectivity index (χ3n) is 6.18. The minimum absolute atomic E-state index is 0. The van der Waals surface area contributed by atoms with Gasteiger partial charge in [-0.1, -0.05) is 0 Å². The molecule has 1 aromatic heterocycles. The molecule has 3 aliphatic heterocycles. The molecule has 1 atom stereocenters. The second-order valence-electron chi connectivity index (χ2n) is 7.77. The molecule has 2 saturated heterocycles. The van der Waals surface area contributed by atoms with Crippen LogP contribution < -0.4 is 5.32 Å². The molecule has 3 aliphatic rings. The number of nitrogens with one attached hydrogen (secondary N) is 2. The molecule has 9 nitrogen and oxygen atoms in total. The van der Waals surface area contributed by atoms with Crippen LogP contribution in [0.2, 0.25) is 0 Å². The van der Waals surface area contributed by atoms with Crippen molar-refractivity contribution in [3.8, 4) is 0 Å². The maximum atomic E-state index is 12.7. The fourth-order valence-electron chi connectivity index (χ4n) is 4.75. The van der Waals surface area contributed by atoms with Crippen molar-refractivity contribution in [2.75, 3.05) is 53.0 Å². The quantitative estimate of drug-likeness (QED) is 0.673. The Labute approximate surface area is 189 Å². The number of halogens is 2. The maximum Gasteiger partial charge on any atom is 0.249 e. The highest BCUT2D eigenvalue weighted by atomic mass is 35.5. The molecule has 2 N–H and O–H groups in total. The Kier molecular flexibility index (Phi) is 8.93. The number of aromatic nitrogens is 2. The van der Waals surface area contributed by atoms with Gasteiger partial charge >= 0.3 is 0 Å². The zero-order valence-electron chi connectivity index (χ0n) is 17.2. The van der Waals surface area contributed by atoms with Gasteiger partial charge in [-0.2, -0.15) is 0 Å². The molecule has 170 valence electrons. The Bertz CT molecular complexity index is 718. The highest BCUT2D eigenvalue weighted by Gasteiger charge is 2.49. The largest absolute Gasteiger partial charge is 0.375 e. The summed E-state index contributed by atoms with van der Waals surface area (Å²) in [5.74, 6) is 0.106. The number of morpholine rings is 1. The molecule has 0 saturated carbocycles. The standard InChI is InChI=1S/C19H29N5O4.2ClH/c1-27-12-17(26)24-6-2-15-18(22-13-21-15)19(24)3-7-23(8-4-19)16(25)10-14-11-20-5-9-28-14;;/h13-14,20H,2-12H2,1H3,(H,21,22);2*1H. The van der Waals surface area contributed by atoms with Crippen LogP contribution in [-0.4, -0.2) is 90.7 Å². The average Bonchev–Trinajstić information content (AvgIpc) is 3.20. The predicted molar refractivity (Wildman–Crippen MR) is 115 cm³/mol.